The molecule has 0 spiro atoms. The molecule has 0 fully saturated rings. The maximum absolute atomic E-state index is 12.6. The highest BCUT2D eigenvalue weighted by molar-refractivity contribution is 7.15. The Labute approximate surface area is 358 Å². The first-order valence-electron chi connectivity index (χ1n) is 18.1. The summed E-state index contributed by atoms with van der Waals surface area (Å²) in [6, 6.07) is 7.05. The van der Waals surface area contributed by atoms with Crippen molar-refractivity contribution >= 4 is 92.1 Å². The Balaban J connectivity index is 0.000000152. The van der Waals surface area contributed by atoms with E-state index in [1.807, 2.05) is 60.6 Å². The molecule has 0 aliphatic carbocycles. The number of hydrogen-bond acceptors (Lipinski definition) is 18. The molecule has 0 aromatic carbocycles. The van der Waals surface area contributed by atoms with E-state index in [2.05, 4.69) is 46.0 Å². The zero-order valence-corrected chi connectivity index (χ0v) is 36.8. The molecule has 0 saturated carbocycles. The van der Waals surface area contributed by atoms with Crippen molar-refractivity contribution in [1.82, 2.24) is 0 Å². The fourth-order valence-corrected chi connectivity index (χ4v) is 9.44. The van der Waals surface area contributed by atoms with Gasteiger partial charge in [0.15, 0.2) is 0 Å². The molecule has 0 bridgehead atoms. The van der Waals surface area contributed by atoms with Crippen LogP contribution in [0, 0.1) is 34.6 Å². The van der Waals surface area contributed by atoms with Crippen molar-refractivity contribution in [3.8, 4) is 11.5 Å². The molecule has 60 heavy (non-hydrogen) atoms. The summed E-state index contributed by atoms with van der Waals surface area (Å²) >= 11 is 5.74. The van der Waals surface area contributed by atoms with Crippen LogP contribution in [0.2, 0.25) is 0 Å². The van der Waals surface area contributed by atoms with E-state index in [0.717, 1.165) is 59.0 Å². The molecule has 4 aliphatic heterocycles. The molecule has 21 heteroatoms. The molecule has 8 heterocycles. The third-order valence-electron chi connectivity index (χ3n) is 7.83. The number of thiophene rings is 4. The Hall–Kier alpha value is -5.25. The van der Waals surface area contributed by atoms with Crippen LogP contribution in [0.25, 0.3) is 0 Å². The first-order chi connectivity index (χ1) is 28.3. The fraction of sp³-hybridized carbons (Fsp3) is 0.385. The zero-order valence-electron chi connectivity index (χ0n) is 33.6. The fourth-order valence-electron chi connectivity index (χ4n) is 5.57. The number of alkyl halides is 3. The molecular formula is C39H39F3N4O10S4. The van der Waals surface area contributed by atoms with Crippen molar-refractivity contribution in [3.05, 3.63) is 74.4 Å². The summed E-state index contributed by atoms with van der Waals surface area (Å²) in [4.78, 5) is 68.4. The van der Waals surface area contributed by atoms with E-state index in [0.29, 0.717) is 29.3 Å². The molecule has 320 valence electrons. The van der Waals surface area contributed by atoms with E-state index in [1.54, 1.807) is 40.9 Å². The Morgan fingerprint density at radius 2 is 0.950 bits per heavy atom. The van der Waals surface area contributed by atoms with Crippen molar-refractivity contribution in [1.29, 1.82) is 0 Å². The van der Waals surface area contributed by atoms with Crippen LogP contribution >= 0.6 is 45.3 Å². The molecule has 4 aromatic heterocycles. The lowest BCUT2D eigenvalue weighted by molar-refractivity contribution is -0.140. The predicted molar refractivity (Wildman–Crippen MR) is 222 cm³/mol. The van der Waals surface area contributed by atoms with Crippen molar-refractivity contribution < 1.29 is 61.2 Å². The van der Waals surface area contributed by atoms with Gasteiger partial charge in [0.1, 0.15) is 34.3 Å². The lowest BCUT2D eigenvalue weighted by Gasteiger charge is -2.09. The number of nitrogens with zero attached hydrogens (tertiary/aromatic N) is 4. The van der Waals surface area contributed by atoms with Crippen LogP contribution in [0.3, 0.4) is 0 Å². The maximum Gasteiger partial charge on any atom is 0.417 e. The van der Waals surface area contributed by atoms with Crippen LogP contribution in [0.15, 0.2) is 44.9 Å². The summed E-state index contributed by atoms with van der Waals surface area (Å²) in [6.07, 6.45) is -3.77. The number of rotatable bonds is 8. The summed E-state index contributed by atoms with van der Waals surface area (Å²) in [6.45, 7) is 16.1. The minimum Gasteiger partial charge on any atom is -0.492 e. The Bertz CT molecular complexity index is 2400. The largest absolute Gasteiger partial charge is 0.492 e. The molecule has 0 saturated heterocycles. The number of carbonyl (C=O) groups excluding carboxylic acids is 4. The number of hydrogen-bond donors (Lipinski definition) is 0. The number of oxime groups is 4. The number of ether oxygens (including phenoxy) is 2. The van der Waals surface area contributed by atoms with Crippen molar-refractivity contribution in [2.24, 2.45) is 20.6 Å². The van der Waals surface area contributed by atoms with Gasteiger partial charge in [-0.1, -0.05) is 20.6 Å². The van der Waals surface area contributed by atoms with E-state index in [-0.39, 0.29) is 53.9 Å². The molecule has 14 nitrogen and oxygen atoms in total. The first kappa shape index (κ1) is 45.8. The van der Waals surface area contributed by atoms with Gasteiger partial charge in [0.05, 0.1) is 63.5 Å². The van der Waals surface area contributed by atoms with Crippen LogP contribution in [0.5, 0.6) is 11.5 Å². The van der Waals surface area contributed by atoms with E-state index >= 15 is 0 Å². The summed E-state index contributed by atoms with van der Waals surface area (Å²) in [5.74, 6) is 0.0660. The summed E-state index contributed by atoms with van der Waals surface area (Å²) < 4.78 is 49.1. The van der Waals surface area contributed by atoms with Gasteiger partial charge in [0.25, 0.3) is 0 Å². The van der Waals surface area contributed by atoms with Crippen molar-refractivity contribution in [2.45, 2.75) is 93.4 Å². The lowest BCUT2D eigenvalue weighted by Crippen LogP contribution is -2.10. The summed E-state index contributed by atoms with van der Waals surface area (Å²) in [5, 5.41) is 14.6. The molecule has 8 rings (SSSR count). The summed E-state index contributed by atoms with van der Waals surface area (Å²) in [5.41, 5.74) is 2.56. The normalized spacial score (nSPS) is 15.6. The minimum absolute atomic E-state index is 0.0316. The minimum atomic E-state index is -4.44. The molecule has 4 aliphatic rings. The Morgan fingerprint density at radius 1 is 0.583 bits per heavy atom. The van der Waals surface area contributed by atoms with Gasteiger partial charge in [-0.2, -0.15) is 13.2 Å². The molecule has 0 atom stereocenters. The second-order valence-corrected chi connectivity index (χ2v) is 18.4. The average Bonchev–Trinajstić information content (AvgIpc) is 4.01. The smallest absolute Gasteiger partial charge is 0.417 e. The average molecular weight is 909 g/mol. The van der Waals surface area contributed by atoms with Crippen LogP contribution in [-0.2, 0) is 44.7 Å². The predicted octanol–water partition coefficient (Wildman–Crippen LogP) is 9.34. The highest BCUT2D eigenvalue weighted by Gasteiger charge is 2.38. The highest BCUT2D eigenvalue weighted by atomic mass is 32.1. The van der Waals surface area contributed by atoms with Gasteiger partial charge in [-0.25, -0.2) is 19.2 Å². The van der Waals surface area contributed by atoms with Gasteiger partial charge in [0.2, 0.25) is 0 Å². The van der Waals surface area contributed by atoms with Gasteiger partial charge in [-0.3, -0.25) is 0 Å². The molecule has 0 N–H and O–H groups in total. The van der Waals surface area contributed by atoms with Gasteiger partial charge < -0.3 is 28.8 Å². The van der Waals surface area contributed by atoms with Gasteiger partial charge in [-0.05, 0) is 85.2 Å². The number of halogens is 3. The topological polar surface area (TPSA) is 173 Å². The molecule has 0 amide bonds. The van der Waals surface area contributed by atoms with Gasteiger partial charge in [-0.15, -0.1) is 45.3 Å². The quantitative estimate of drug-likeness (QED) is 0.155. The monoisotopic (exact) mass is 908 g/mol. The third kappa shape index (κ3) is 12.2. The third-order valence-corrected chi connectivity index (χ3v) is 12.3. The van der Waals surface area contributed by atoms with Gasteiger partial charge >= 0.3 is 30.1 Å². The zero-order chi connectivity index (χ0) is 43.9. The Morgan fingerprint density at radius 3 is 1.33 bits per heavy atom. The van der Waals surface area contributed by atoms with E-state index in [4.69, 9.17) is 9.47 Å². The van der Waals surface area contributed by atoms with Crippen LogP contribution in [0.1, 0.15) is 96.6 Å². The number of carbonyl (C=O) groups is 4. The van der Waals surface area contributed by atoms with Crippen molar-refractivity contribution in [3.63, 3.8) is 0 Å². The standard InChI is InChI=1S/C11H13NO3S.C10H11NO3S.C9H6F3NO2S.C9H9NO2S/c1-6(2)14-9-4-7(3)16-11(9)8-5-10(13)15-12-8;1-3-13-8-4-6(2)15-10(8)7-5-9(12)14-11-7;1-4-2-5(9(10,11)12)8(16-4)6-3-7(14)15-13-6;1-5-3-6(2)13-9(5)7-4-8(11)12-10-7/h4,6H,5H2,1-3H3;4H,3,5H2,1-2H3;2H,3H2,1H3;3H,4H2,1-2H3. The highest BCUT2D eigenvalue weighted by Crippen LogP contribution is 2.38. The maximum atomic E-state index is 12.6. The van der Waals surface area contributed by atoms with E-state index < -0.39 is 17.7 Å². The molecule has 0 unspecified atom stereocenters. The summed E-state index contributed by atoms with van der Waals surface area (Å²) in [7, 11) is 0. The second kappa shape index (κ2) is 19.9. The Kier molecular flexibility index (Phi) is 15.2. The lowest BCUT2D eigenvalue weighted by atomic mass is 10.1. The molecular weight excluding hydrogens is 870 g/mol. The van der Waals surface area contributed by atoms with Crippen LogP contribution in [0.4, 0.5) is 13.2 Å². The second-order valence-electron chi connectivity index (χ2n) is 13.4. The molecule has 4 aromatic rings. The van der Waals surface area contributed by atoms with Gasteiger partial charge in [0, 0.05) is 19.5 Å². The SMILES string of the molecule is CCOc1cc(C)sc1C1=NOC(=O)C1.Cc1cc(C(F)(F)F)c(C2=NOC(=O)C2)s1.Cc1cc(C)c(C2=NOC(=O)C2)s1.Cc1cc(OC(C)C)c(C2=NOC(=O)C2)s1. The van der Waals surface area contributed by atoms with Crippen LogP contribution in [-0.4, -0.2) is 59.4 Å². The van der Waals surface area contributed by atoms with Crippen LogP contribution < -0.4 is 9.47 Å². The number of aryl methyl sites for hydroxylation is 5. The van der Waals surface area contributed by atoms with Crippen molar-refractivity contribution in [2.75, 3.05) is 6.61 Å². The van der Waals surface area contributed by atoms with E-state index in [9.17, 15) is 32.3 Å². The van der Waals surface area contributed by atoms with E-state index in [1.165, 1.54) is 10.4 Å². The molecule has 0 radical (unpaired) electrons. The first-order valence-corrected chi connectivity index (χ1v) is 21.4.